The third-order valence-corrected chi connectivity index (χ3v) is 2.97. The number of pyridine rings is 1. The van der Waals surface area contributed by atoms with Gasteiger partial charge in [-0.25, -0.2) is 4.98 Å². The zero-order chi connectivity index (χ0) is 13.2. The van der Waals surface area contributed by atoms with Crippen LogP contribution in [0.3, 0.4) is 0 Å². The van der Waals surface area contributed by atoms with E-state index < -0.39 is 0 Å². The zero-order valence-corrected chi connectivity index (χ0v) is 10.8. The molecule has 0 atom stereocenters. The van der Waals surface area contributed by atoms with E-state index >= 15 is 0 Å². The third kappa shape index (κ3) is 2.63. The number of fused-ring (bicyclic) bond motifs is 1. The molecule has 0 aliphatic rings. The maximum Gasteiger partial charge on any atom is 0.138 e. The second kappa shape index (κ2) is 4.82. The molecule has 0 aliphatic carbocycles. The maximum atomic E-state index is 5.92. The van der Waals surface area contributed by atoms with Crippen LogP contribution in [0.5, 0.6) is 5.75 Å². The highest BCUT2D eigenvalue weighted by molar-refractivity contribution is 6.30. The van der Waals surface area contributed by atoms with Gasteiger partial charge >= 0.3 is 0 Å². The van der Waals surface area contributed by atoms with Crippen molar-refractivity contribution in [3.63, 3.8) is 0 Å². The molecule has 0 fully saturated rings. The van der Waals surface area contributed by atoms with Gasteiger partial charge in [-0.2, -0.15) is 0 Å². The summed E-state index contributed by atoms with van der Waals surface area (Å²) in [5, 5.41) is 0.670. The van der Waals surface area contributed by atoms with Gasteiger partial charge in [0.15, 0.2) is 0 Å². The Kier molecular flexibility index (Phi) is 3.01. The van der Waals surface area contributed by atoms with Crippen molar-refractivity contribution in [2.45, 2.75) is 6.61 Å². The molecular weight excluding hydrogens is 262 g/mol. The lowest BCUT2D eigenvalue weighted by Crippen LogP contribution is -1.95. The molecule has 2 heterocycles. The topological polar surface area (TPSA) is 52.5 Å². The zero-order valence-electron chi connectivity index (χ0n) is 10.1. The van der Waals surface area contributed by atoms with Crippen molar-refractivity contribution in [2.75, 3.05) is 5.73 Å². The molecule has 4 nitrogen and oxygen atoms in total. The van der Waals surface area contributed by atoms with Crippen molar-refractivity contribution < 1.29 is 4.74 Å². The number of hydrogen-bond donors (Lipinski definition) is 1. The fourth-order valence-electron chi connectivity index (χ4n) is 1.80. The number of imidazole rings is 1. The molecule has 5 heteroatoms. The lowest BCUT2D eigenvalue weighted by atomic mass is 10.3. The van der Waals surface area contributed by atoms with Gasteiger partial charge in [-0.05, 0) is 36.4 Å². The summed E-state index contributed by atoms with van der Waals surface area (Å²) in [5.41, 5.74) is 7.99. The monoisotopic (exact) mass is 273 g/mol. The summed E-state index contributed by atoms with van der Waals surface area (Å²) in [7, 11) is 0. The van der Waals surface area contributed by atoms with Crippen LogP contribution in [0.25, 0.3) is 5.65 Å². The fraction of sp³-hybridized carbons (Fsp3) is 0.0714. The van der Waals surface area contributed by atoms with Crippen LogP contribution >= 0.6 is 11.6 Å². The van der Waals surface area contributed by atoms with Crippen molar-refractivity contribution in [3.8, 4) is 5.75 Å². The average Bonchev–Trinajstić information content (AvgIpc) is 2.80. The van der Waals surface area contributed by atoms with E-state index in [1.807, 2.05) is 41.1 Å². The van der Waals surface area contributed by atoms with Gasteiger partial charge in [0.2, 0.25) is 0 Å². The number of rotatable bonds is 3. The highest BCUT2D eigenvalue weighted by Crippen LogP contribution is 2.16. The molecule has 96 valence electrons. The summed E-state index contributed by atoms with van der Waals surface area (Å²) in [6.45, 7) is 0.406. The quantitative estimate of drug-likeness (QED) is 0.746. The fourth-order valence-corrected chi connectivity index (χ4v) is 1.95. The van der Waals surface area contributed by atoms with Crippen LogP contribution in [-0.2, 0) is 6.61 Å². The minimum atomic E-state index is 0.406. The van der Waals surface area contributed by atoms with Gasteiger partial charge in [0.25, 0.3) is 0 Å². The van der Waals surface area contributed by atoms with Crippen LogP contribution in [0.1, 0.15) is 5.69 Å². The van der Waals surface area contributed by atoms with Gasteiger partial charge in [0.05, 0.1) is 5.69 Å². The molecule has 0 amide bonds. The Morgan fingerprint density at radius 1 is 1.21 bits per heavy atom. The predicted octanol–water partition coefficient (Wildman–Crippen LogP) is 3.15. The molecule has 1 aromatic carbocycles. The van der Waals surface area contributed by atoms with Crippen molar-refractivity contribution in [1.82, 2.24) is 9.38 Å². The Bertz CT molecular complexity index is 706. The molecule has 0 bridgehead atoms. The van der Waals surface area contributed by atoms with E-state index in [1.165, 1.54) is 0 Å². The summed E-state index contributed by atoms with van der Waals surface area (Å²) >= 11 is 5.92. The first-order chi connectivity index (χ1) is 9.20. The molecule has 2 N–H and O–H groups in total. The van der Waals surface area contributed by atoms with Gasteiger partial charge < -0.3 is 14.9 Å². The van der Waals surface area contributed by atoms with Crippen molar-refractivity contribution in [2.24, 2.45) is 0 Å². The minimum absolute atomic E-state index is 0.406. The third-order valence-electron chi connectivity index (χ3n) is 2.74. The highest BCUT2D eigenvalue weighted by Gasteiger charge is 2.03. The van der Waals surface area contributed by atoms with Gasteiger partial charge in [-0.15, -0.1) is 0 Å². The number of ether oxygens (including phenoxy) is 1. The first-order valence-electron chi connectivity index (χ1n) is 5.82. The SMILES string of the molecule is Nc1ccc(OCc2cn3ccc(Cl)cc3n2)cc1. The molecule has 19 heavy (non-hydrogen) atoms. The summed E-state index contributed by atoms with van der Waals surface area (Å²) in [5.74, 6) is 0.768. The molecule has 0 radical (unpaired) electrons. The van der Waals surface area contributed by atoms with Crippen LogP contribution < -0.4 is 10.5 Å². The van der Waals surface area contributed by atoms with Gasteiger partial charge in [0, 0.05) is 23.1 Å². The number of anilines is 1. The van der Waals surface area contributed by atoms with Crippen molar-refractivity contribution in [1.29, 1.82) is 0 Å². The molecule has 0 saturated carbocycles. The van der Waals surface area contributed by atoms with Crippen molar-refractivity contribution in [3.05, 3.63) is 59.5 Å². The maximum absolute atomic E-state index is 5.92. The number of halogens is 1. The minimum Gasteiger partial charge on any atom is -0.487 e. The molecule has 0 aliphatic heterocycles. The number of benzene rings is 1. The Morgan fingerprint density at radius 3 is 2.79 bits per heavy atom. The van der Waals surface area contributed by atoms with Crippen LogP contribution in [0.15, 0.2) is 48.8 Å². The van der Waals surface area contributed by atoms with Gasteiger partial charge in [-0.3, -0.25) is 0 Å². The molecule has 3 aromatic rings. The van der Waals surface area contributed by atoms with E-state index in [9.17, 15) is 0 Å². The van der Waals surface area contributed by atoms with E-state index in [0.29, 0.717) is 11.6 Å². The smallest absolute Gasteiger partial charge is 0.138 e. The van der Waals surface area contributed by atoms with Crippen LogP contribution in [0.4, 0.5) is 5.69 Å². The van der Waals surface area contributed by atoms with Gasteiger partial charge in [-0.1, -0.05) is 11.6 Å². The molecule has 0 spiro atoms. The van der Waals surface area contributed by atoms with Crippen molar-refractivity contribution >= 4 is 22.9 Å². The average molecular weight is 274 g/mol. The normalized spacial score (nSPS) is 10.8. The van der Waals surface area contributed by atoms with Crippen LogP contribution in [-0.4, -0.2) is 9.38 Å². The summed E-state index contributed by atoms with van der Waals surface area (Å²) in [4.78, 5) is 4.43. The standard InChI is InChI=1S/C14H12ClN3O/c15-10-5-6-18-8-12(17-14(18)7-10)9-19-13-3-1-11(16)2-4-13/h1-8H,9,16H2. The molecule has 2 aromatic heterocycles. The van der Waals surface area contributed by atoms with Crippen LogP contribution in [0, 0.1) is 0 Å². The molecule has 0 saturated heterocycles. The number of nitrogen functional groups attached to an aromatic ring is 1. The second-order valence-corrected chi connectivity index (χ2v) is 4.64. The summed E-state index contributed by atoms with van der Waals surface area (Å²) < 4.78 is 7.55. The number of nitrogens with zero attached hydrogens (tertiary/aromatic N) is 2. The lowest BCUT2D eigenvalue weighted by Gasteiger charge is -2.03. The molecular formula is C14H12ClN3O. The molecule has 0 unspecified atom stereocenters. The van der Waals surface area contributed by atoms with E-state index in [2.05, 4.69) is 4.98 Å². The number of nitrogens with two attached hydrogens (primary N) is 1. The first-order valence-corrected chi connectivity index (χ1v) is 6.20. The van der Waals surface area contributed by atoms with E-state index in [0.717, 1.165) is 22.8 Å². The highest BCUT2D eigenvalue weighted by atomic mass is 35.5. The van der Waals surface area contributed by atoms with Crippen LogP contribution in [0.2, 0.25) is 5.02 Å². The Hall–Kier alpha value is -2.20. The Balaban J connectivity index is 1.76. The largest absolute Gasteiger partial charge is 0.487 e. The van der Waals surface area contributed by atoms with E-state index in [4.69, 9.17) is 22.1 Å². The molecule has 3 rings (SSSR count). The predicted molar refractivity (Wildman–Crippen MR) is 75.4 cm³/mol. The van der Waals surface area contributed by atoms with E-state index in [-0.39, 0.29) is 0 Å². The number of aromatic nitrogens is 2. The van der Waals surface area contributed by atoms with Gasteiger partial charge in [0.1, 0.15) is 18.0 Å². The lowest BCUT2D eigenvalue weighted by molar-refractivity contribution is 0.302. The Labute approximate surface area is 115 Å². The van der Waals surface area contributed by atoms with E-state index in [1.54, 1.807) is 12.1 Å². The first kappa shape index (κ1) is 11.9. The summed E-state index contributed by atoms with van der Waals surface area (Å²) in [6, 6.07) is 10.9. The number of hydrogen-bond acceptors (Lipinski definition) is 3. The Morgan fingerprint density at radius 2 is 2.00 bits per heavy atom. The summed E-state index contributed by atoms with van der Waals surface area (Å²) in [6.07, 6.45) is 3.79. The second-order valence-electron chi connectivity index (χ2n) is 4.20.